The minimum absolute atomic E-state index is 0.195. The molecule has 4 rings (SSSR count). The maximum Gasteiger partial charge on any atom is 0.329 e. The highest BCUT2D eigenvalue weighted by atomic mass is 19.2. The first kappa shape index (κ1) is 27.4. The van der Waals surface area contributed by atoms with Gasteiger partial charge in [0.1, 0.15) is 5.69 Å². The molecule has 1 aliphatic heterocycles. The molecule has 1 aromatic heterocycles. The van der Waals surface area contributed by atoms with Crippen LogP contribution in [0.25, 0.3) is 5.57 Å². The number of halogens is 4. The first-order valence-electron chi connectivity index (χ1n) is 11.7. The number of carbonyl (C=O) groups is 1. The van der Waals surface area contributed by atoms with E-state index in [4.69, 9.17) is 14.9 Å². The van der Waals surface area contributed by atoms with E-state index in [9.17, 15) is 13.6 Å². The number of carbonyl (C=O) groups excluding carboxylic acids is 1. The summed E-state index contributed by atoms with van der Waals surface area (Å²) in [5.74, 6) is -5.10. The molecule has 1 aliphatic rings. The first-order valence-corrected chi connectivity index (χ1v) is 11.7. The average Bonchev–Trinajstić information content (AvgIpc) is 2.91. The molecule has 0 unspecified atom stereocenters. The number of nitrogens with zero attached hydrogens (tertiary/aromatic N) is 3. The van der Waals surface area contributed by atoms with Crippen molar-refractivity contribution in [1.29, 1.82) is 5.41 Å². The van der Waals surface area contributed by atoms with Crippen molar-refractivity contribution in [2.45, 2.75) is 20.0 Å². The van der Waals surface area contributed by atoms with Gasteiger partial charge in [0, 0.05) is 42.4 Å². The Balaban J connectivity index is 1.91. The molecule has 0 bridgehead atoms. The number of hydrogen-bond donors (Lipinski definition) is 2. The Morgan fingerprint density at radius 2 is 1.74 bits per heavy atom. The zero-order chi connectivity index (χ0) is 28.4. The van der Waals surface area contributed by atoms with Crippen LogP contribution in [0.4, 0.5) is 33.7 Å². The number of benzene rings is 2. The summed E-state index contributed by atoms with van der Waals surface area (Å²) in [7, 11) is 4.04. The third-order valence-corrected chi connectivity index (χ3v) is 6.16. The van der Waals surface area contributed by atoms with Crippen LogP contribution in [0.1, 0.15) is 23.7 Å². The summed E-state index contributed by atoms with van der Waals surface area (Å²) in [6.07, 6.45) is 3.00. The van der Waals surface area contributed by atoms with Crippen LogP contribution in [-0.4, -0.2) is 38.0 Å². The molecule has 0 saturated carbocycles. The minimum Gasteiger partial charge on any atom is -0.493 e. The topological polar surface area (TPSA) is 90.8 Å². The fraction of sp³-hybridized carbons (Fsp3) is 0.222. The van der Waals surface area contributed by atoms with Crippen LogP contribution in [0.15, 0.2) is 42.7 Å². The summed E-state index contributed by atoms with van der Waals surface area (Å²) in [6, 6.07) is 4.91. The lowest BCUT2D eigenvalue weighted by Gasteiger charge is -2.37. The zero-order valence-electron chi connectivity index (χ0n) is 21.5. The molecule has 0 saturated heterocycles. The molecule has 3 aromatic rings. The summed E-state index contributed by atoms with van der Waals surface area (Å²) >= 11 is 0. The predicted molar refractivity (Wildman–Crippen MR) is 138 cm³/mol. The standard InChI is InChI=1S/C27H25F4N5O3/c1-14(32)17(11-33-2)20-8-21-16(10-34-20)13-36(26-24(30)22(38-3)9-23(39-4)25(26)31)27(37)35(21)12-15-5-6-18(28)19(29)7-15/h5-11,32-33H,12-13H2,1-4H3/b17-11+,32-14?. The van der Waals surface area contributed by atoms with E-state index in [1.807, 2.05) is 0 Å². The molecule has 2 amide bonds. The molecule has 204 valence electrons. The van der Waals surface area contributed by atoms with E-state index in [0.717, 1.165) is 23.1 Å². The van der Waals surface area contributed by atoms with Gasteiger partial charge < -0.3 is 20.2 Å². The molecule has 2 heterocycles. The predicted octanol–water partition coefficient (Wildman–Crippen LogP) is 5.40. The number of amides is 2. The van der Waals surface area contributed by atoms with Crippen molar-refractivity contribution in [3.63, 3.8) is 0 Å². The Morgan fingerprint density at radius 1 is 1.08 bits per heavy atom. The summed E-state index contributed by atoms with van der Waals surface area (Å²) < 4.78 is 68.4. The number of ether oxygens (including phenoxy) is 2. The summed E-state index contributed by atoms with van der Waals surface area (Å²) in [5.41, 5.74) is 1.25. The van der Waals surface area contributed by atoms with Gasteiger partial charge in [0.15, 0.2) is 34.8 Å². The Hall–Kier alpha value is -4.61. The van der Waals surface area contributed by atoms with Gasteiger partial charge in [-0.3, -0.25) is 14.8 Å². The Morgan fingerprint density at radius 3 is 2.31 bits per heavy atom. The second-order valence-corrected chi connectivity index (χ2v) is 8.63. The van der Waals surface area contributed by atoms with E-state index >= 15 is 8.78 Å². The highest BCUT2D eigenvalue weighted by molar-refractivity contribution is 6.20. The number of methoxy groups -OCH3 is 2. The largest absolute Gasteiger partial charge is 0.493 e. The smallest absolute Gasteiger partial charge is 0.329 e. The maximum atomic E-state index is 15.4. The number of fused-ring (bicyclic) bond motifs is 1. The molecule has 8 nitrogen and oxygen atoms in total. The van der Waals surface area contributed by atoms with Gasteiger partial charge in [-0.2, -0.15) is 0 Å². The zero-order valence-corrected chi connectivity index (χ0v) is 21.5. The van der Waals surface area contributed by atoms with E-state index in [1.165, 1.54) is 31.4 Å². The van der Waals surface area contributed by atoms with E-state index in [0.29, 0.717) is 22.5 Å². The molecule has 0 spiro atoms. The van der Waals surface area contributed by atoms with E-state index < -0.39 is 35.0 Å². The van der Waals surface area contributed by atoms with Crippen LogP contribution >= 0.6 is 0 Å². The quantitative estimate of drug-likeness (QED) is 0.293. The van der Waals surface area contributed by atoms with Gasteiger partial charge in [0.2, 0.25) is 0 Å². The Kier molecular flexibility index (Phi) is 7.75. The van der Waals surface area contributed by atoms with Gasteiger partial charge >= 0.3 is 6.03 Å². The monoisotopic (exact) mass is 543 g/mol. The third kappa shape index (κ3) is 5.09. The summed E-state index contributed by atoms with van der Waals surface area (Å²) in [6.45, 7) is 1.04. The van der Waals surface area contributed by atoms with Crippen molar-refractivity contribution >= 4 is 28.7 Å². The molecular weight excluding hydrogens is 518 g/mol. The fourth-order valence-corrected chi connectivity index (χ4v) is 4.26. The SMILES string of the molecule is CN/C=C(\C(C)=N)c1cc2c(cn1)CN(c1c(F)c(OC)cc(OC)c1F)C(=O)N2Cc1ccc(F)c(F)c1. The Bertz CT molecular complexity index is 1470. The number of hydrogen-bond acceptors (Lipinski definition) is 6. The molecule has 39 heavy (non-hydrogen) atoms. The highest BCUT2D eigenvalue weighted by Crippen LogP contribution is 2.41. The van der Waals surface area contributed by atoms with Gasteiger partial charge in [-0.05, 0) is 30.7 Å². The van der Waals surface area contributed by atoms with E-state index in [1.54, 1.807) is 26.2 Å². The number of anilines is 2. The molecule has 0 radical (unpaired) electrons. The second kappa shape index (κ2) is 11.0. The minimum atomic E-state index is -1.12. The van der Waals surface area contributed by atoms with Crippen molar-refractivity contribution < 1.29 is 31.8 Å². The number of allylic oxidation sites excluding steroid dienone is 1. The van der Waals surface area contributed by atoms with E-state index in [2.05, 4.69) is 10.3 Å². The van der Waals surface area contributed by atoms with Crippen LogP contribution in [0.2, 0.25) is 0 Å². The van der Waals surface area contributed by atoms with Crippen molar-refractivity contribution in [1.82, 2.24) is 10.3 Å². The maximum absolute atomic E-state index is 15.4. The molecular formula is C27H25F4N5O3. The van der Waals surface area contributed by atoms with Gasteiger partial charge in [0.05, 0.1) is 38.7 Å². The van der Waals surface area contributed by atoms with Gasteiger partial charge in [-0.1, -0.05) is 6.07 Å². The molecule has 2 aromatic carbocycles. The average molecular weight is 544 g/mol. The summed E-state index contributed by atoms with van der Waals surface area (Å²) in [5, 5.41) is 10.9. The molecule has 12 heteroatoms. The van der Waals surface area contributed by atoms with Crippen molar-refractivity contribution in [2.75, 3.05) is 31.1 Å². The second-order valence-electron chi connectivity index (χ2n) is 8.63. The van der Waals surface area contributed by atoms with Crippen LogP contribution in [-0.2, 0) is 13.1 Å². The van der Waals surface area contributed by atoms with Crippen LogP contribution in [0.3, 0.4) is 0 Å². The highest BCUT2D eigenvalue weighted by Gasteiger charge is 2.37. The van der Waals surface area contributed by atoms with Gasteiger partial charge in [-0.25, -0.2) is 22.4 Å². The fourth-order valence-electron chi connectivity index (χ4n) is 4.26. The molecule has 0 fully saturated rings. The lowest BCUT2D eigenvalue weighted by atomic mass is 10.0. The number of nitrogens with one attached hydrogen (secondary N) is 2. The number of urea groups is 1. The van der Waals surface area contributed by atoms with Gasteiger partial charge in [-0.15, -0.1) is 0 Å². The third-order valence-electron chi connectivity index (χ3n) is 6.16. The van der Waals surface area contributed by atoms with Crippen LogP contribution in [0.5, 0.6) is 11.5 Å². The van der Waals surface area contributed by atoms with Crippen molar-refractivity contribution in [2.24, 2.45) is 0 Å². The van der Waals surface area contributed by atoms with Gasteiger partial charge in [0.25, 0.3) is 0 Å². The lowest BCUT2D eigenvalue weighted by molar-refractivity contribution is 0.249. The molecule has 2 N–H and O–H groups in total. The summed E-state index contributed by atoms with van der Waals surface area (Å²) in [4.78, 5) is 20.3. The molecule has 0 aliphatic carbocycles. The number of pyridine rings is 1. The first-order chi connectivity index (χ1) is 18.6. The van der Waals surface area contributed by atoms with Crippen LogP contribution in [0, 0.1) is 28.7 Å². The molecule has 0 atom stereocenters. The van der Waals surface area contributed by atoms with Crippen molar-refractivity contribution in [3.8, 4) is 11.5 Å². The van der Waals surface area contributed by atoms with E-state index in [-0.39, 0.29) is 35.9 Å². The Labute approximate surface area is 222 Å². The van der Waals surface area contributed by atoms with Crippen LogP contribution < -0.4 is 24.6 Å². The van der Waals surface area contributed by atoms with Crippen molar-refractivity contribution in [3.05, 3.63) is 82.8 Å². The number of rotatable bonds is 8. The lowest BCUT2D eigenvalue weighted by Crippen LogP contribution is -2.47. The normalized spacial score (nSPS) is 13.3. The number of aromatic nitrogens is 1.